The Balaban J connectivity index is 2.70. The normalized spacial score (nSPS) is 12.5. The quantitative estimate of drug-likeness (QED) is 0.134. The molecule has 0 heterocycles. The molecule has 0 unspecified atom stereocenters. The standard InChI is InChI=1S/2C15H23.C7H7.C3H5.Sn/c2*1-10(2)13-7-14(11(3)4)9-15(8-13)12(5)6;1-7-5-3-2-4-6-7;1-3-2;/h2*7-8,10-12H,1-6H3;2-6H,1H2;3H,1-2H2;. The molecule has 0 aliphatic rings. The Morgan fingerprint density at radius 1 is 0.537 bits per heavy atom. The van der Waals surface area contributed by atoms with Crippen LogP contribution in [0.1, 0.15) is 158 Å². The van der Waals surface area contributed by atoms with Crippen molar-refractivity contribution in [2.45, 2.75) is 127 Å². The van der Waals surface area contributed by atoms with E-state index in [0.717, 1.165) is 4.44 Å². The van der Waals surface area contributed by atoms with Gasteiger partial charge in [0.2, 0.25) is 0 Å². The molecule has 0 bridgehead atoms. The molecular weight excluding hydrogens is 599 g/mol. The van der Waals surface area contributed by atoms with Gasteiger partial charge in [-0.15, -0.1) is 0 Å². The average Bonchev–Trinajstić information content (AvgIpc) is 2.91. The van der Waals surface area contributed by atoms with Crippen LogP contribution >= 0.6 is 0 Å². The summed E-state index contributed by atoms with van der Waals surface area (Å²) in [7, 11) is 0. The molecule has 3 aromatic carbocycles. The van der Waals surface area contributed by atoms with Gasteiger partial charge in [-0.1, -0.05) is 0 Å². The van der Waals surface area contributed by atoms with Crippen molar-refractivity contribution >= 4 is 25.5 Å². The Morgan fingerprint density at radius 3 is 1.15 bits per heavy atom. The monoisotopic (exact) mass is 658 g/mol. The van der Waals surface area contributed by atoms with E-state index in [1.54, 1.807) is 29.4 Å². The minimum absolute atomic E-state index is 0.470. The summed E-state index contributed by atoms with van der Waals surface area (Å²) in [5.41, 5.74) is 10.9. The predicted molar refractivity (Wildman–Crippen MR) is 188 cm³/mol. The Morgan fingerprint density at radius 2 is 0.878 bits per heavy atom. The Kier molecular flexibility index (Phi) is 11.6. The van der Waals surface area contributed by atoms with Crippen LogP contribution in [0.15, 0.2) is 67.3 Å². The van der Waals surface area contributed by atoms with Crippen LogP contribution in [-0.2, 0) is 4.44 Å². The molecule has 0 fully saturated rings. The molecule has 1 heteroatoms. The first-order valence-corrected chi connectivity index (χ1v) is 23.1. The van der Waals surface area contributed by atoms with Crippen LogP contribution in [0.3, 0.4) is 0 Å². The summed E-state index contributed by atoms with van der Waals surface area (Å²) in [4.78, 5) is 0. The number of hydrogen-bond donors (Lipinski definition) is 0. The van der Waals surface area contributed by atoms with Gasteiger partial charge >= 0.3 is 259 Å². The van der Waals surface area contributed by atoms with Crippen molar-refractivity contribution in [3.63, 3.8) is 0 Å². The van der Waals surface area contributed by atoms with Crippen molar-refractivity contribution < 1.29 is 0 Å². The fraction of sp³-hybridized carbons (Fsp3) is 0.500. The van der Waals surface area contributed by atoms with Crippen LogP contribution in [0, 0.1) is 0 Å². The Bertz CT molecular complexity index is 1170. The summed E-state index contributed by atoms with van der Waals surface area (Å²) < 4.78 is 5.81. The van der Waals surface area contributed by atoms with Crippen molar-refractivity contribution in [3.05, 3.63) is 106 Å². The number of hydrogen-bond acceptors (Lipinski definition) is 0. The maximum absolute atomic E-state index is 4.48. The molecule has 0 aliphatic heterocycles. The summed E-state index contributed by atoms with van der Waals surface area (Å²) >= 11 is -3.59. The van der Waals surface area contributed by atoms with Crippen molar-refractivity contribution in [2.24, 2.45) is 0 Å². The Hall–Kier alpha value is -1.80. The van der Waals surface area contributed by atoms with Gasteiger partial charge in [-0.3, -0.25) is 0 Å². The summed E-state index contributed by atoms with van der Waals surface area (Å²) in [5.74, 6) is 2.91. The molecule has 3 aromatic rings. The van der Waals surface area contributed by atoms with Gasteiger partial charge in [-0.2, -0.15) is 0 Å². The van der Waals surface area contributed by atoms with Crippen molar-refractivity contribution in [1.29, 1.82) is 0 Å². The first kappa shape index (κ1) is 33.7. The number of allylic oxidation sites excluding steroid dienone is 1. The van der Waals surface area contributed by atoms with E-state index in [1.165, 1.54) is 21.1 Å². The first-order chi connectivity index (χ1) is 19.2. The number of rotatable bonds is 12. The second-order valence-corrected chi connectivity index (χ2v) is 25.5. The summed E-state index contributed by atoms with van der Waals surface area (Å²) in [5, 5.41) is 0. The summed E-state index contributed by atoms with van der Waals surface area (Å²) in [6, 6.07) is 21.8. The summed E-state index contributed by atoms with van der Waals surface area (Å²) in [6.07, 6.45) is 2.30. The zero-order valence-electron chi connectivity index (χ0n) is 28.4. The van der Waals surface area contributed by atoms with Crippen molar-refractivity contribution in [3.8, 4) is 0 Å². The van der Waals surface area contributed by atoms with Crippen LogP contribution in [0.4, 0.5) is 0 Å². The second-order valence-electron chi connectivity index (χ2n) is 14.3. The zero-order chi connectivity index (χ0) is 30.6. The molecule has 41 heavy (non-hydrogen) atoms. The molecule has 0 saturated carbocycles. The molecule has 0 amide bonds. The molecule has 0 aromatic heterocycles. The van der Waals surface area contributed by atoms with Gasteiger partial charge in [0.05, 0.1) is 0 Å². The molecule has 0 saturated heterocycles. The van der Waals surface area contributed by atoms with Gasteiger partial charge in [0, 0.05) is 0 Å². The Labute approximate surface area is 258 Å². The van der Waals surface area contributed by atoms with E-state index in [4.69, 9.17) is 0 Å². The van der Waals surface area contributed by atoms with Crippen molar-refractivity contribution in [2.75, 3.05) is 0 Å². The van der Waals surface area contributed by atoms with Crippen LogP contribution in [-0.4, -0.2) is 18.4 Å². The summed E-state index contributed by atoms with van der Waals surface area (Å²) in [6.45, 7) is 33.3. The molecule has 222 valence electrons. The maximum atomic E-state index is 4.48. The van der Waals surface area contributed by atoms with Gasteiger partial charge in [-0.25, -0.2) is 0 Å². The minimum atomic E-state index is -3.59. The molecule has 0 aliphatic carbocycles. The van der Waals surface area contributed by atoms with E-state index in [0.29, 0.717) is 35.5 Å². The van der Waals surface area contributed by atoms with Crippen molar-refractivity contribution in [1.82, 2.24) is 0 Å². The van der Waals surface area contributed by atoms with Crippen LogP contribution in [0.2, 0.25) is 4.44 Å². The average molecular weight is 658 g/mol. The number of benzene rings is 3. The molecule has 0 radical (unpaired) electrons. The van der Waals surface area contributed by atoms with E-state index in [1.807, 2.05) is 0 Å². The first-order valence-electron chi connectivity index (χ1n) is 16.3. The fourth-order valence-electron chi connectivity index (χ4n) is 6.79. The van der Waals surface area contributed by atoms with E-state index in [-0.39, 0.29) is 0 Å². The van der Waals surface area contributed by atoms with Gasteiger partial charge in [0.25, 0.3) is 0 Å². The third kappa shape index (κ3) is 7.23. The fourth-order valence-corrected chi connectivity index (χ4v) is 24.6. The van der Waals surface area contributed by atoms with Crippen LogP contribution in [0.25, 0.3) is 0 Å². The molecule has 0 spiro atoms. The van der Waals surface area contributed by atoms with Gasteiger partial charge < -0.3 is 0 Å². The zero-order valence-corrected chi connectivity index (χ0v) is 31.2. The molecule has 3 rings (SSSR count). The molecule has 0 N–H and O–H groups in total. The molecular formula is C40H58Sn. The topological polar surface area (TPSA) is 0 Å². The molecule has 0 atom stereocenters. The van der Waals surface area contributed by atoms with Gasteiger partial charge in [-0.05, 0) is 0 Å². The van der Waals surface area contributed by atoms with E-state index in [2.05, 4.69) is 150 Å². The second kappa shape index (κ2) is 14.1. The van der Waals surface area contributed by atoms with E-state index in [9.17, 15) is 0 Å². The van der Waals surface area contributed by atoms with E-state index >= 15 is 0 Å². The predicted octanol–water partition coefficient (Wildman–Crippen LogP) is 11.0. The molecule has 0 nitrogen and oxygen atoms in total. The van der Waals surface area contributed by atoms with Gasteiger partial charge in [0.15, 0.2) is 0 Å². The van der Waals surface area contributed by atoms with Crippen LogP contribution < -0.4 is 7.16 Å². The third-order valence-corrected chi connectivity index (χ3v) is 23.5. The van der Waals surface area contributed by atoms with E-state index < -0.39 is 18.4 Å². The third-order valence-electron chi connectivity index (χ3n) is 9.06. The SMILES string of the molecule is C=C[CH2][Sn]([CH2]c1ccccc1)([c]1c(C(C)C)cc(C(C)C)cc1C(C)C)[c]1c(C(C)C)cc(C(C)C)cc1C(C)C. The van der Waals surface area contributed by atoms with Crippen LogP contribution in [0.5, 0.6) is 0 Å². The van der Waals surface area contributed by atoms with Gasteiger partial charge in [0.1, 0.15) is 0 Å².